The van der Waals surface area contributed by atoms with Crippen molar-refractivity contribution in [3.63, 3.8) is 0 Å². The van der Waals surface area contributed by atoms with Gasteiger partial charge in [0.1, 0.15) is 6.10 Å². The van der Waals surface area contributed by atoms with Crippen LogP contribution in [0.3, 0.4) is 0 Å². The topological polar surface area (TPSA) is 108 Å². The molecule has 0 rings (SSSR count). The highest BCUT2D eigenvalue weighted by atomic mass is 16.5. The van der Waals surface area contributed by atoms with Crippen molar-refractivity contribution < 1.29 is 29.6 Å². The standard InChI is InChI=1S/C10H21NO6/c1-6(14)9(5-13)17-7(2)8(4-12)11-10(15)16-3/h6-9,12-14H,4-5H2,1-3H3,(H,11,15)/t6-,7?,8+,9?/m0/s1. The first-order valence-corrected chi connectivity index (χ1v) is 5.36. The average Bonchev–Trinajstić information content (AvgIpc) is 2.31. The van der Waals surface area contributed by atoms with Crippen LogP contribution in [0.15, 0.2) is 0 Å². The van der Waals surface area contributed by atoms with E-state index in [2.05, 4.69) is 10.1 Å². The third-order valence-electron chi connectivity index (χ3n) is 2.36. The maximum atomic E-state index is 11.0. The molecule has 0 aromatic heterocycles. The minimum Gasteiger partial charge on any atom is -0.453 e. The van der Waals surface area contributed by atoms with Crippen molar-refractivity contribution in [3.05, 3.63) is 0 Å². The number of aliphatic hydroxyl groups is 3. The van der Waals surface area contributed by atoms with E-state index >= 15 is 0 Å². The van der Waals surface area contributed by atoms with E-state index in [9.17, 15) is 9.90 Å². The average molecular weight is 251 g/mol. The van der Waals surface area contributed by atoms with E-state index < -0.39 is 30.4 Å². The highest BCUT2D eigenvalue weighted by Gasteiger charge is 2.24. The van der Waals surface area contributed by atoms with Crippen LogP contribution in [0.1, 0.15) is 13.8 Å². The monoisotopic (exact) mass is 251 g/mol. The summed E-state index contributed by atoms with van der Waals surface area (Å²) >= 11 is 0. The Morgan fingerprint density at radius 3 is 2.24 bits per heavy atom. The minimum absolute atomic E-state index is 0.339. The Hall–Kier alpha value is -0.890. The molecule has 0 saturated heterocycles. The van der Waals surface area contributed by atoms with Crippen molar-refractivity contribution in [3.8, 4) is 0 Å². The zero-order valence-corrected chi connectivity index (χ0v) is 10.3. The minimum atomic E-state index is -0.847. The smallest absolute Gasteiger partial charge is 0.407 e. The summed E-state index contributed by atoms with van der Waals surface area (Å²) in [5.74, 6) is 0. The van der Waals surface area contributed by atoms with Crippen molar-refractivity contribution in [1.29, 1.82) is 0 Å². The maximum Gasteiger partial charge on any atom is 0.407 e. The number of hydrogen-bond acceptors (Lipinski definition) is 6. The Balaban J connectivity index is 4.32. The van der Waals surface area contributed by atoms with Crippen LogP contribution < -0.4 is 5.32 Å². The second kappa shape index (κ2) is 8.24. The van der Waals surface area contributed by atoms with Gasteiger partial charge < -0.3 is 30.1 Å². The fourth-order valence-corrected chi connectivity index (χ4v) is 1.20. The van der Waals surface area contributed by atoms with Crippen LogP contribution in [-0.2, 0) is 9.47 Å². The first kappa shape index (κ1) is 16.1. The molecule has 1 amide bonds. The number of nitrogens with one attached hydrogen (secondary N) is 1. The molecule has 17 heavy (non-hydrogen) atoms. The molecule has 0 aliphatic heterocycles. The molecule has 0 aromatic carbocycles. The molecule has 0 aliphatic carbocycles. The summed E-state index contributed by atoms with van der Waals surface area (Å²) in [6, 6.07) is -0.671. The lowest BCUT2D eigenvalue weighted by molar-refractivity contribution is -0.0993. The van der Waals surface area contributed by atoms with Crippen LogP contribution in [0.2, 0.25) is 0 Å². The molecule has 7 nitrogen and oxygen atoms in total. The summed E-state index contributed by atoms with van der Waals surface area (Å²) in [4.78, 5) is 11.0. The summed E-state index contributed by atoms with van der Waals surface area (Å²) in [6.07, 6.45) is -2.87. The van der Waals surface area contributed by atoms with Gasteiger partial charge in [-0.15, -0.1) is 0 Å². The number of methoxy groups -OCH3 is 1. The van der Waals surface area contributed by atoms with Gasteiger partial charge in [0, 0.05) is 0 Å². The summed E-state index contributed by atoms with van der Waals surface area (Å²) < 4.78 is 9.73. The molecule has 4 N–H and O–H groups in total. The zero-order valence-electron chi connectivity index (χ0n) is 10.3. The molecule has 7 heteroatoms. The predicted octanol–water partition coefficient (Wildman–Crippen LogP) is -1.15. The number of alkyl carbamates (subject to hydrolysis) is 1. The predicted molar refractivity (Wildman–Crippen MR) is 59.5 cm³/mol. The van der Waals surface area contributed by atoms with Gasteiger partial charge in [-0.1, -0.05) is 0 Å². The third-order valence-corrected chi connectivity index (χ3v) is 2.36. The number of hydrogen-bond donors (Lipinski definition) is 4. The molecular formula is C10H21NO6. The van der Waals surface area contributed by atoms with Gasteiger partial charge in [0.2, 0.25) is 0 Å². The van der Waals surface area contributed by atoms with Crippen LogP contribution in [-0.4, -0.2) is 66.1 Å². The van der Waals surface area contributed by atoms with Crippen LogP contribution in [0.4, 0.5) is 4.79 Å². The maximum absolute atomic E-state index is 11.0. The van der Waals surface area contributed by atoms with E-state index in [1.54, 1.807) is 6.92 Å². The zero-order chi connectivity index (χ0) is 13.4. The Labute approximate surface area is 100 Å². The molecule has 2 unspecified atom stereocenters. The van der Waals surface area contributed by atoms with Crippen molar-refractivity contribution in [2.24, 2.45) is 0 Å². The molecule has 0 aliphatic rings. The first-order valence-electron chi connectivity index (χ1n) is 5.36. The Morgan fingerprint density at radius 1 is 1.29 bits per heavy atom. The lowest BCUT2D eigenvalue weighted by atomic mass is 10.1. The fraction of sp³-hybridized carbons (Fsp3) is 0.900. The number of ether oxygens (including phenoxy) is 2. The lowest BCUT2D eigenvalue weighted by Crippen LogP contribution is -2.48. The van der Waals surface area contributed by atoms with Crippen molar-refractivity contribution in [1.82, 2.24) is 5.32 Å². The van der Waals surface area contributed by atoms with Gasteiger partial charge in [0.15, 0.2) is 0 Å². The molecule has 0 spiro atoms. The summed E-state index contributed by atoms with van der Waals surface area (Å²) in [5.41, 5.74) is 0. The molecular weight excluding hydrogens is 230 g/mol. The van der Waals surface area contributed by atoms with Gasteiger partial charge >= 0.3 is 6.09 Å². The van der Waals surface area contributed by atoms with E-state index in [0.29, 0.717) is 0 Å². The quantitative estimate of drug-likeness (QED) is 0.455. The largest absolute Gasteiger partial charge is 0.453 e. The van der Waals surface area contributed by atoms with Gasteiger partial charge in [0.05, 0.1) is 38.6 Å². The third kappa shape index (κ3) is 5.83. The molecule has 4 atom stereocenters. The van der Waals surface area contributed by atoms with Crippen LogP contribution in [0.25, 0.3) is 0 Å². The van der Waals surface area contributed by atoms with E-state index in [4.69, 9.17) is 14.9 Å². The van der Waals surface area contributed by atoms with Gasteiger partial charge in [0.25, 0.3) is 0 Å². The summed E-state index contributed by atoms with van der Waals surface area (Å²) in [6.45, 7) is 2.41. The molecule has 0 fully saturated rings. The number of amides is 1. The molecule has 102 valence electrons. The van der Waals surface area contributed by atoms with Gasteiger partial charge in [-0.3, -0.25) is 0 Å². The molecule has 0 heterocycles. The normalized spacial score (nSPS) is 18.0. The molecule has 0 bridgehead atoms. The number of carbonyl (C=O) groups excluding carboxylic acids is 1. The number of carbonyl (C=O) groups is 1. The Kier molecular flexibility index (Phi) is 7.81. The van der Waals surface area contributed by atoms with Crippen molar-refractivity contribution in [2.45, 2.75) is 38.2 Å². The highest BCUT2D eigenvalue weighted by Crippen LogP contribution is 2.07. The van der Waals surface area contributed by atoms with Crippen LogP contribution in [0, 0.1) is 0 Å². The SMILES string of the molecule is COC(=O)N[C@H](CO)C(C)OC(CO)[C@H](C)O. The van der Waals surface area contributed by atoms with E-state index in [1.165, 1.54) is 14.0 Å². The van der Waals surface area contributed by atoms with Crippen LogP contribution >= 0.6 is 0 Å². The molecule has 0 radical (unpaired) electrons. The van der Waals surface area contributed by atoms with E-state index in [-0.39, 0.29) is 13.2 Å². The molecule has 0 aromatic rings. The fourth-order valence-electron chi connectivity index (χ4n) is 1.20. The van der Waals surface area contributed by atoms with E-state index in [0.717, 1.165) is 0 Å². The van der Waals surface area contributed by atoms with Crippen LogP contribution in [0.5, 0.6) is 0 Å². The van der Waals surface area contributed by atoms with Crippen molar-refractivity contribution in [2.75, 3.05) is 20.3 Å². The summed E-state index contributed by atoms with van der Waals surface area (Å²) in [7, 11) is 1.21. The van der Waals surface area contributed by atoms with Gasteiger partial charge in [-0.25, -0.2) is 4.79 Å². The first-order chi connectivity index (χ1) is 7.96. The highest BCUT2D eigenvalue weighted by molar-refractivity contribution is 5.67. The van der Waals surface area contributed by atoms with E-state index in [1.807, 2.05) is 0 Å². The lowest BCUT2D eigenvalue weighted by Gasteiger charge is -2.28. The second-order valence-corrected chi connectivity index (χ2v) is 3.73. The van der Waals surface area contributed by atoms with Gasteiger partial charge in [-0.2, -0.15) is 0 Å². The van der Waals surface area contributed by atoms with Crippen molar-refractivity contribution >= 4 is 6.09 Å². The molecule has 0 saturated carbocycles. The Bertz CT molecular complexity index is 223. The van der Waals surface area contributed by atoms with Gasteiger partial charge in [-0.05, 0) is 13.8 Å². The second-order valence-electron chi connectivity index (χ2n) is 3.73. The number of aliphatic hydroxyl groups excluding tert-OH is 3. The number of rotatable bonds is 7. The summed E-state index contributed by atoms with van der Waals surface area (Å²) in [5, 5.41) is 29.7. The Morgan fingerprint density at radius 2 is 1.88 bits per heavy atom.